The predicted molar refractivity (Wildman–Crippen MR) is 217 cm³/mol. The number of nitrogens with zero attached hydrogens (tertiary/aromatic N) is 6. The monoisotopic (exact) mass is 698 g/mol. The molecule has 0 saturated carbocycles. The molecule has 0 spiro atoms. The van der Waals surface area contributed by atoms with Crippen LogP contribution in [0.15, 0.2) is 146 Å². The molecule has 6 aromatic carbocycles. The van der Waals surface area contributed by atoms with E-state index in [1.165, 1.54) is 37.0 Å². The van der Waals surface area contributed by atoms with Gasteiger partial charge in [-0.25, -0.2) is 24.9 Å². The van der Waals surface area contributed by atoms with Crippen LogP contribution in [-0.4, -0.2) is 29.5 Å². The molecule has 1 aliphatic rings. The van der Waals surface area contributed by atoms with Crippen molar-refractivity contribution in [3.8, 4) is 51.0 Å². The van der Waals surface area contributed by atoms with E-state index in [-0.39, 0.29) is 5.41 Å². The predicted octanol–water partition coefficient (Wildman–Crippen LogP) is 11.4. The molecule has 0 saturated heterocycles. The molecule has 0 unspecified atom stereocenters. The minimum absolute atomic E-state index is 0.181. The summed E-state index contributed by atoms with van der Waals surface area (Å²) in [6.45, 7) is 4.67. The van der Waals surface area contributed by atoms with Gasteiger partial charge in [-0.15, -0.1) is 11.3 Å². The summed E-state index contributed by atoms with van der Waals surface area (Å²) < 4.78 is 4.71. The highest BCUT2D eigenvalue weighted by atomic mass is 32.1. The van der Waals surface area contributed by atoms with Crippen LogP contribution in [0.3, 0.4) is 0 Å². The lowest BCUT2D eigenvalue weighted by atomic mass is 9.81. The van der Waals surface area contributed by atoms with Gasteiger partial charge in [-0.2, -0.15) is 0 Å². The fourth-order valence-electron chi connectivity index (χ4n) is 8.44. The van der Waals surface area contributed by atoms with Crippen LogP contribution >= 0.6 is 11.3 Å². The number of rotatable bonds is 4. The number of hydrogen-bond donors (Lipinski definition) is 0. The standard InChI is InChI=1S/C46H30N6S/c1-46(2)34-18-10-9-16-30(34)31-21-22-35-40(41(31)46)42-36(25-47-26-48-42)52(35)29-20-23-37-33(24-29)39-32(17-11-19-38(39)53-37)45-50-43(27-12-5-3-6-13-27)49-44(51-45)28-14-7-4-8-15-28/h3-26H,1-2H3. The first-order valence-corrected chi connectivity index (χ1v) is 18.6. The Kier molecular flexibility index (Phi) is 6.37. The zero-order chi connectivity index (χ0) is 35.3. The van der Waals surface area contributed by atoms with Crippen LogP contribution < -0.4 is 0 Å². The molecule has 1 aliphatic carbocycles. The van der Waals surface area contributed by atoms with Crippen LogP contribution in [0.2, 0.25) is 0 Å². The maximum atomic E-state index is 5.11. The Morgan fingerprint density at radius 2 is 1.26 bits per heavy atom. The fraction of sp³-hybridized carbons (Fsp3) is 0.0652. The van der Waals surface area contributed by atoms with Gasteiger partial charge < -0.3 is 4.57 Å². The Balaban J connectivity index is 1.16. The van der Waals surface area contributed by atoms with Gasteiger partial charge in [-0.3, -0.25) is 0 Å². The Hall–Kier alpha value is -6.57. The van der Waals surface area contributed by atoms with Crippen molar-refractivity contribution < 1.29 is 0 Å². The average molecular weight is 699 g/mol. The van der Waals surface area contributed by atoms with Crippen LogP contribution in [0.25, 0.3) is 93.1 Å². The third-order valence-corrected chi connectivity index (χ3v) is 11.9. The molecule has 0 radical (unpaired) electrons. The molecule has 6 nitrogen and oxygen atoms in total. The van der Waals surface area contributed by atoms with Crippen molar-refractivity contribution in [1.82, 2.24) is 29.5 Å². The van der Waals surface area contributed by atoms with Gasteiger partial charge in [-0.05, 0) is 52.6 Å². The van der Waals surface area contributed by atoms with Crippen molar-refractivity contribution in [1.29, 1.82) is 0 Å². The quantitative estimate of drug-likeness (QED) is 0.183. The summed E-state index contributed by atoms with van der Waals surface area (Å²) in [5, 5.41) is 3.47. The number of fused-ring (bicyclic) bond motifs is 10. The first kappa shape index (κ1) is 30.1. The molecule has 53 heavy (non-hydrogen) atoms. The van der Waals surface area contributed by atoms with Gasteiger partial charge in [-0.1, -0.05) is 117 Å². The molecular formula is C46H30N6S. The van der Waals surface area contributed by atoms with Crippen molar-refractivity contribution in [3.05, 3.63) is 157 Å². The molecular weight excluding hydrogens is 669 g/mol. The maximum absolute atomic E-state index is 5.11. The van der Waals surface area contributed by atoms with E-state index in [0.29, 0.717) is 17.5 Å². The Labute approximate surface area is 309 Å². The van der Waals surface area contributed by atoms with Crippen LogP contribution in [-0.2, 0) is 5.41 Å². The second-order valence-electron chi connectivity index (χ2n) is 14.1. The number of hydrogen-bond acceptors (Lipinski definition) is 6. The molecule has 250 valence electrons. The molecule has 0 amide bonds. The van der Waals surface area contributed by atoms with E-state index < -0.39 is 0 Å². The lowest BCUT2D eigenvalue weighted by Crippen LogP contribution is -2.15. The van der Waals surface area contributed by atoms with Gasteiger partial charge in [0.25, 0.3) is 0 Å². The normalized spacial score (nSPS) is 13.2. The van der Waals surface area contributed by atoms with E-state index in [1.54, 1.807) is 17.7 Å². The third-order valence-electron chi connectivity index (χ3n) is 10.8. The molecule has 4 aromatic heterocycles. The third kappa shape index (κ3) is 4.41. The highest BCUT2D eigenvalue weighted by Crippen LogP contribution is 2.53. The van der Waals surface area contributed by atoms with E-state index in [0.717, 1.165) is 49.7 Å². The zero-order valence-electron chi connectivity index (χ0n) is 28.9. The smallest absolute Gasteiger partial charge is 0.164 e. The Morgan fingerprint density at radius 3 is 2.04 bits per heavy atom. The van der Waals surface area contributed by atoms with Crippen LogP contribution in [0, 0.1) is 0 Å². The van der Waals surface area contributed by atoms with E-state index in [1.807, 2.05) is 66.9 Å². The SMILES string of the molecule is CC1(C)c2ccccc2-c2ccc3c(c21)c1ncncc1n3-c1ccc2sc3cccc(-c4nc(-c5ccccc5)nc(-c5ccccc5)n4)c3c2c1. The van der Waals surface area contributed by atoms with Crippen LogP contribution in [0.5, 0.6) is 0 Å². The molecule has 0 fully saturated rings. The van der Waals surface area contributed by atoms with Crippen molar-refractivity contribution in [2.24, 2.45) is 0 Å². The number of aromatic nitrogens is 6. The minimum atomic E-state index is -0.181. The fourth-order valence-corrected chi connectivity index (χ4v) is 9.56. The zero-order valence-corrected chi connectivity index (χ0v) is 29.8. The van der Waals surface area contributed by atoms with Crippen molar-refractivity contribution in [2.75, 3.05) is 0 Å². The molecule has 10 aromatic rings. The van der Waals surface area contributed by atoms with Gasteiger partial charge in [0.05, 0.1) is 17.2 Å². The van der Waals surface area contributed by atoms with E-state index in [2.05, 4.69) is 96.2 Å². The second kappa shape index (κ2) is 11.2. The van der Waals surface area contributed by atoms with Crippen molar-refractivity contribution in [2.45, 2.75) is 19.3 Å². The van der Waals surface area contributed by atoms with Crippen molar-refractivity contribution >= 4 is 53.4 Å². The summed E-state index contributed by atoms with van der Waals surface area (Å²) in [5.74, 6) is 1.94. The molecule has 4 heterocycles. The summed E-state index contributed by atoms with van der Waals surface area (Å²) in [7, 11) is 0. The lowest BCUT2D eigenvalue weighted by Gasteiger charge is -2.22. The van der Waals surface area contributed by atoms with Crippen LogP contribution in [0.1, 0.15) is 25.0 Å². The Morgan fingerprint density at radius 1 is 0.566 bits per heavy atom. The van der Waals surface area contributed by atoms with E-state index in [9.17, 15) is 0 Å². The van der Waals surface area contributed by atoms with Gasteiger partial charge in [0.2, 0.25) is 0 Å². The molecule has 0 aliphatic heterocycles. The van der Waals surface area contributed by atoms with Crippen LogP contribution in [0.4, 0.5) is 0 Å². The average Bonchev–Trinajstić information content (AvgIpc) is 3.83. The van der Waals surface area contributed by atoms with Gasteiger partial charge in [0, 0.05) is 53.4 Å². The summed E-state index contributed by atoms with van der Waals surface area (Å²) >= 11 is 1.79. The summed E-state index contributed by atoms with van der Waals surface area (Å²) in [6, 6.07) is 46.8. The lowest BCUT2D eigenvalue weighted by molar-refractivity contribution is 0.666. The molecule has 7 heteroatoms. The summed E-state index contributed by atoms with van der Waals surface area (Å²) in [4.78, 5) is 24.6. The maximum Gasteiger partial charge on any atom is 0.164 e. The topological polar surface area (TPSA) is 69.4 Å². The van der Waals surface area contributed by atoms with Gasteiger partial charge >= 0.3 is 0 Å². The molecule has 0 N–H and O–H groups in total. The number of thiophene rings is 1. The highest BCUT2D eigenvalue weighted by Gasteiger charge is 2.38. The van der Waals surface area contributed by atoms with E-state index >= 15 is 0 Å². The van der Waals surface area contributed by atoms with E-state index in [4.69, 9.17) is 19.9 Å². The first-order chi connectivity index (χ1) is 26.0. The molecule has 0 atom stereocenters. The van der Waals surface area contributed by atoms with Gasteiger partial charge in [0.15, 0.2) is 17.5 Å². The first-order valence-electron chi connectivity index (χ1n) is 17.7. The number of benzene rings is 6. The summed E-state index contributed by atoms with van der Waals surface area (Å²) in [6.07, 6.45) is 3.62. The second-order valence-corrected chi connectivity index (χ2v) is 15.2. The summed E-state index contributed by atoms with van der Waals surface area (Å²) in [5.41, 5.74) is 12.1. The highest BCUT2D eigenvalue weighted by molar-refractivity contribution is 7.26. The Bertz CT molecular complexity index is 3030. The van der Waals surface area contributed by atoms with Gasteiger partial charge in [0.1, 0.15) is 11.8 Å². The molecule has 11 rings (SSSR count). The largest absolute Gasteiger partial charge is 0.306 e. The van der Waals surface area contributed by atoms with Crippen molar-refractivity contribution in [3.63, 3.8) is 0 Å². The minimum Gasteiger partial charge on any atom is -0.306 e. The molecule has 0 bridgehead atoms.